The van der Waals surface area contributed by atoms with Gasteiger partial charge >= 0.3 is 0 Å². The van der Waals surface area contributed by atoms with Crippen molar-refractivity contribution in [2.45, 2.75) is 52.1 Å². The van der Waals surface area contributed by atoms with Crippen molar-refractivity contribution in [1.29, 1.82) is 0 Å². The molecule has 0 aliphatic heterocycles. The quantitative estimate of drug-likeness (QED) is 0.839. The Balaban J connectivity index is 2.13. The van der Waals surface area contributed by atoms with Crippen LogP contribution in [-0.2, 0) is 6.54 Å². The SMILES string of the molecule is CCNCc1ccc(N(CC)C2CCCC2)c(Cl)c1. The zero-order valence-corrected chi connectivity index (χ0v) is 12.8. The second-order valence-corrected chi connectivity index (χ2v) is 5.70. The number of rotatable bonds is 6. The van der Waals surface area contributed by atoms with Gasteiger partial charge in [-0.2, -0.15) is 0 Å². The van der Waals surface area contributed by atoms with E-state index in [1.165, 1.54) is 36.9 Å². The summed E-state index contributed by atoms with van der Waals surface area (Å²) in [5.74, 6) is 0. The van der Waals surface area contributed by atoms with Gasteiger partial charge in [0.05, 0.1) is 10.7 Å². The normalized spacial score (nSPS) is 15.9. The second kappa shape index (κ2) is 7.16. The summed E-state index contributed by atoms with van der Waals surface area (Å²) >= 11 is 6.49. The molecule has 2 nitrogen and oxygen atoms in total. The van der Waals surface area contributed by atoms with E-state index in [-0.39, 0.29) is 0 Å². The van der Waals surface area contributed by atoms with E-state index in [9.17, 15) is 0 Å². The molecule has 0 unspecified atom stereocenters. The predicted octanol–water partition coefficient (Wildman–Crippen LogP) is 4.22. The lowest BCUT2D eigenvalue weighted by molar-refractivity contribution is 0.620. The van der Waals surface area contributed by atoms with Gasteiger partial charge in [0.15, 0.2) is 0 Å². The van der Waals surface area contributed by atoms with E-state index in [1.54, 1.807) is 0 Å². The van der Waals surface area contributed by atoms with E-state index < -0.39 is 0 Å². The van der Waals surface area contributed by atoms with Crippen molar-refractivity contribution in [2.24, 2.45) is 0 Å². The first-order chi connectivity index (χ1) is 9.26. The Labute approximate surface area is 122 Å². The van der Waals surface area contributed by atoms with Crippen LogP contribution in [0.2, 0.25) is 5.02 Å². The summed E-state index contributed by atoms with van der Waals surface area (Å²) in [5.41, 5.74) is 2.47. The van der Waals surface area contributed by atoms with Crippen LogP contribution in [0, 0.1) is 0 Å². The summed E-state index contributed by atoms with van der Waals surface area (Å²) in [6, 6.07) is 7.18. The third-order valence-corrected chi connectivity index (χ3v) is 4.31. The molecule has 106 valence electrons. The van der Waals surface area contributed by atoms with Gasteiger partial charge in [-0.25, -0.2) is 0 Å². The average molecular weight is 281 g/mol. The smallest absolute Gasteiger partial charge is 0.0642 e. The zero-order valence-electron chi connectivity index (χ0n) is 12.1. The molecule has 1 aromatic rings. The lowest BCUT2D eigenvalue weighted by Gasteiger charge is -2.31. The van der Waals surface area contributed by atoms with Crippen molar-refractivity contribution in [3.05, 3.63) is 28.8 Å². The highest BCUT2D eigenvalue weighted by Crippen LogP contribution is 2.33. The van der Waals surface area contributed by atoms with E-state index in [4.69, 9.17) is 11.6 Å². The van der Waals surface area contributed by atoms with Crippen LogP contribution < -0.4 is 10.2 Å². The standard InChI is InChI=1S/C16H25ClN2/c1-3-18-12-13-9-10-16(15(17)11-13)19(4-2)14-7-5-6-8-14/h9-11,14,18H,3-8,12H2,1-2H3. The first-order valence-electron chi connectivity index (χ1n) is 7.52. The number of hydrogen-bond acceptors (Lipinski definition) is 2. The summed E-state index contributed by atoms with van der Waals surface area (Å²) in [4.78, 5) is 2.48. The van der Waals surface area contributed by atoms with E-state index in [0.29, 0.717) is 6.04 Å². The topological polar surface area (TPSA) is 15.3 Å². The third-order valence-electron chi connectivity index (χ3n) is 4.01. The van der Waals surface area contributed by atoms with Gasteiger partial charge < -0.3 is 10.2 Å². The molecule has 19 heavy (non-hydrogen) atoms. The average Bonchev–Trinajstić information content (AvgIpc) is 2.93. The molecular weight excluding hydrogens is 256 g/mol. The van der Waals surface area contributed by atoms with Crippen molar-refractivity contribution < 1.29 is 0 Å². The summed E-state index contributed by atoms with van der Waals surface area (Å²) in [6.07, 6.45) is 5.33. The van der Waals surface area contributed by atoms with Gasteiger partial charge in [-0.1, -0.05) is 37.4 Å². The number of nitrogens with one attached hydrogen (secondary N) is 1. The molecule has 1 aromatic carbocycles. The molecule has 0 aromatic heterocycles. The molecule has 1 aliphatic carbocycles. The maximum Gasteiger partial charge on any atom is 0.0642 e. The second-order valence-electron chi connectivity index (χ2n) is 5.29. The Morgan fingerprint density at radius 1 is 1.26 bits per heavy atom. The van der Waals surface area contributed by atoms with Crippen LogP contribution in [0.4, 0.5) is 5.69 Å². The number of benzene rings is 1. The van der Waals surface area contributed by atoms with Crippen LogP contribution in [0.3, 0.4) is 0 Å². The van der Waals surface area contributed by atoms with Gasteiger partial charge in [0.1, 0.15) is 0 Å². The van der Waals surface area contributed by atoms with Crippen LogP contribution >= 0.6 is 11.6 Å². The predicted molar refractivity (Wildman–Crippen MR) is 84.1 cm³/mol. The van der Waals surface area contributed by atoms with Gasteiger partial charge in [-0.05, 0) is 44.0 Å². The van der Waals surface area contributed by atoms with Crippen molar-refractivity contribution in [2.75, 3.05) is 18.0 Å². The van der Waals surface area contributed by atoms with Gasteiger partial charge in [0.25, 0.3) is 0 Å². The van der Waals surface area contributed by atoms with Crippen LogP contribution in [0.15, 0.2) is 18.2 Å². The van der Waals surface area contributed by atoms with Crippen molar-refractivity contribution in [3.63, 3.8) is 0 Å². The van der Waals surface area contributed by atoms with Crippen molar-refractivity contribution in [3.8, 4) is 0 Å². The highest BCUT2D eigenvalue weighted by atomic mass is 35.5. The maximum atomic E-state index is 6.49. The Kier molecular flexibility index (Phi) is 5.53. The molecule has 1 N–H and O–H groups in total. The van der Waals surface area contributed by atoms with Crippen LogP contribution in [0.1, 0.15) is 45.1 Å². The fourth-order valence-electron chi connectivity index (χ4n) is 3.00. The van der Waals surface area contributed by atoms with E-state index in [1.807, 2.05) is 0 Å². The molecule has 1 saturated carbocycles. The minimum Gasteiger partial charge on any atom is -0.368 e. The molecule has 1 aliphatic rings. The molecule has 2 rings (SSSR count). The van der Waals surface area contributed by atoms with Crippen molar-refractivity contribution in [1.82, 2.24) is 5.32 Å². The highest BCUT2D eigenvalue weighted by molar-refractivity contribution is 6.33. The lowest BCUT2D eigenvalue weighted by atomic mass is 10.1. The molecule has 0 bridgehead atoms. The minimum atomic E-state index is 0.683. The first-order valence-corrected chi connectivity index (χ1v) is 7.89. The Morgan fingerprint density at radius 2 is 2.00 bits per heavy atom. The molecule has 0 saturated heterocycles. The number of hydrogen-bond donors (Lipinski definition) is 1. The molecule has 1 fully saturated rings. The molecule has 0 heterocycles. The van der Waals surface area contributed by atoms with E-state index in [2.05, 4.69) is 42.3 Å². The first kappa shape index (κ1) is 14.7. The maximum absolute atomic E-state index is 6.49. The van der Waals surface area contributed by atoms with Crippen LogP contribution in [0.25, 0.3) is 0 Å². The number of anilines is 1. The van der Waals surface area contributed by atoms with Gasteiger partial charge in [-0.15, -0.1) is 0 Å². The summed E-state index contributed by atoms with van der Waals surface area (Å²) in [7, 11) is 0. The number of halogens is 1. The Morgan fingerprint density at radius 3 is 2.58 bits per heavy atom. The van der Waals surface area contributed by atoms with Crippen molar-refractivity contribution >= 4 is 17.3 Å². The zero-order chi connectivity index (χ0) is 13.7. The molecule has 0 radical (unpaired) electrons. The lowest BCUT2D eigenvalue weighted by Crippen LogP contribution is -2.33. The molecule has 0 spiro atoms. The molecule has 0 atom stereocenters. The largest absolute Gasteiger partial charge is 0.368 e. The summed E-state index contributed by atoms with van der Waals surface area (Å²) in [6.45, 7) is 7.27. The summed E-state index contributed by atoms with van der Waals surface area (Å²) in [5, 5.41) is 4.23. The fraction of sp³-hybridized carbons (Fsp3) is 0.625. The molecule has 0 amide bonds. The van der Waals surface area contributed by atoms with Gasteiger partial charge in [-0.3, -0.25) is 0 Å². The van der Waals surface area contributed by atoms with Crippen LogP contribution in [-0.4, -0.2) is 19.1 Å². The third kappa shape index (κ3) is 3.64. The molecule has 3 heteroatoms. The van der Waals surface area contributed by atoms with Gasteiger partial charge in [0, 0.05) is 19.1 Å². The van der Waals surface area contributed by atoms with E-state index >= 15 is 0 Å². The fourth-order valence-corrected chi connectivity index (χ4v) is 3.32. The molecular formula is C16H25ClN2. The minimum absolute atomic E-state index is 0.683. The monoisotopic (exact) mass is 280 g/mol. The van der Waals surface area contributed by atoms with Gasteiger partial charge in [0.2, 0.25) is 0 Å². The Hall–Kier alpha value is -0.730. The van der Waals surface area contributed by atoms with E-state index in [0.717, 1.165) is 24.7 Å². The summed E-state index contributed by atoms with van der Waals surface area (Å²) < 4.78 is 0. The highest BCUT2D eigenvalue weighted by Gasteiger charge is 2.23. The Bertz CT molecular complexity index is 400. The van der Waals surface area contributed by atoms with Crippen LogP contribution in [0.5, 0.6) is 0 Å². The number of nitrogens with zero attached hydrogens (tertiary/aromatic N) is 1.